The molecular weight excluding hydrogens is 212 g/mol. The van der Waals surface area contributed by atoms with E-state index in [1.54, 1.807) is 0 Å². The minimum absolute atomic E-state index is 0.102. The Labute approximate surface area is 101 Å². The number of carbonyl (C=O) groups is 1. The van der Waals surface area contributed by atoms with Crippen molar-refractivity contribution in [3.8, 4) is 0 Å². The first kappa shape index (κ1) is 10.3. The van der Waals surface area contributed by atoms with E-state index in [1.807, 2.05) is 18.2 Å². The summed E-state index contributed by atoms with van der Waals surface area (Å²) in [5, 5.41) is 0. The molecule has 0 radical (unpaired) electrons. The zero-order chi connectivity index (χ0) is 11.8. The lowest BCUT2D eigenvalue weighted by molar-refractivity contribution is -0.146. The van der Waals surface area contributed by atoms with E-state index in [-0.39, 0.29) is 12.1 Å². The lowest BCUT2D eigenvalue weighted by Gasteiger charge is -2.23. The zero-order valence-electron chi connectivity index (χ0n) is 9.77. The topological polar surface area (TPSA) is 26.3 Å². The molecule has 1 aliphatic carbocycles. The van der Waals surface area contributed by atoms with Crippen LogP contribution in [-0.2, 0) is 9.53 Å². The van der Waals surface area contributed by atoms with Crippen molar-refractivity contribution >= 4 is 17.1 Å². The molecule has 1 atom stereocenters. The normalized spacial score (nSPS) is 22.6. The van der Waals surface area contributed by atoms with Gasteiger partial charge in [0.05, 0.1) is 6.42 Å². The number of fused-ring (bicyclic) bond motifs is 3. The van der Waals surface area contributed by atoms with Crippen molar-refractivity contribution in [3.05, 3.63) is 47.5 Å². The maximum Gasteiger partial charge on any atom is 0.310 e. The summed E-state index contributed by atoms with van der Waals surface area (Å²) >= 11 is 0. The van der Waals surface area contributed by atoms with Gasteiger partial charge < -0.3 is 4.74 Å². The number of rotatable bonds is 0. The summed E-state index contributed by atoms with van der Waals surface area (Å²) in [6.45, 7) is 2.11. The van der Waals surface area contributed by atoms with Crippen LogP contribution in [0.25, 0.3) is 11.1 Å². The second kappa shape index (κ2) is 3.88. The van der Waals surface area contributed by atoms with Crippen LogP contribution in [0.3, 0.4) is 0 Å². The minimum atomic E-state index is -0.121. The Kier molecular flexibility index (Phi) is 2.36. The van der Waals surface area contributed by atoms with Crippen LogP contribution in [0.4, 0.5) is 0 Å². The van der Waals surface area contributed by atoms with Gasteiger partial charge in [-0.05, 0) is 29.2 Å². The van der Waals surface area contributed by atoms with E-state index in [2.05, 4.69) is 25.1 Å². The molecule has 17 heavy (non-hydrogen) atoms. The summed E-state index contributed by atoms with van der Waals surface area (Å²) < 4.78 is 5.42. The summed E-state index contributed by atoms with van der Waals surface area (Å²) in [7, 11) is 0. The van der Waals surface area contributed by atoms with Crippen molar-refractivity contribution < 1.29 is 9.53 Å². The van der Waals surface area contributed by atoms with Gasteiger partial charge in [-0.1, -0.05) is 36.4 Å². The Bertz CT molecular complexity index is 538. The minimum Gasteiger partial charge on any atom is -0.457 e. The lowest BCUT2D eigenvalue weighted by atomic mass is 9.93. The van der Waals surface area contributed by atoms with Gasteiger partial charge in [0.2, 0.25) is 0 Å². The van der Waals surface area contributed by atoms with Crippen LogP contribution in [0.1, 0.15) is 30.9 Å². The number of allylic oxidation sites excluding steroid dienone is 1. The van der Waals surface area contributed by atoms with E-state index < -0.39 is 0 Å². The molecule has 1 heterocycles. The molecule has 2 heteroatoms. The predicted molar refractivity (Wildman–Crippen MR) is 67.2 cm³/mol. The zero-order valence-corrected chi connectivity index (χ0v) is 9.77. The molecule has 0 amide bonds. The van der Waals surface area contributed by atoms with Crippen LogP contribution in [0, 0.1) is 0 Å². The molecule has 0 N–H and O–H groups in total. The highest BCUT2D eigenvalue weighted by atomic mass is 16.5. The standard InChI is InChI=1S/C15H14O2/c1-10-6-8-14-13(7-9-15(16)17-14)12-5-3-2-4-11(10)12/h2-7,14H,8-9H2,1H3. The molecule has 0 aromatic heterocycles. The Morgan fingerprint density at radius 2 is 1.94 bits per heavy atom. The van der Waals surface area contributed by atoms with Gasteiger partial charge in [-0.2, -0.15) is 0 Å². The van der Waals surface area contributed by atoms with E-state index in [9.17, 15) is 4.79 Å². The average Bonchev–Trinajstić information content (AvgIpc) is 2.48. The Hall–Kier alpha value is -1.83. The van der Waals surface area contributed by atoms with Crippen LogP contribution in [0.15, 0.2) is 36.4 Å². The molecular formula is C15H14O2. The van der Waals surface area contributed by atoms with E-state index in [1.165, 1.54) is 16.7 Å². The van der Waals surface area contributed by atoms with Crippen LogP contribution < -0.4 is 0 Å². The Balaban J connectivity index is 2.18. The highest BCUT2D eigenvalue weighted by Crippen LogP contribution is 2.36. The van der Waals surface area contributed by atoms with Gasteiger partial charge in [-0.15, -0.1) is 0 Å². The molecule has 2 aliphatic rings. The summed E-state index contributed by atoms with van der Waals surface area (Å²) in [4.78, 5) is 11.3. The van der Waals surface area contributed by atoms with Crippen molar-refractivity contribution in [2.24, 2.45) is 0 Å². The summed E-state index contributed by atoms with van der Waals surface area (Å²) in [5.41, 5.74) is 4.87. The number of hydrogen-bond acceptors (Lipinski definition) is 2. The van der Waals surface area contributed by atoms with E-state index in [0.29, 0.717) is 6.42 Å². The third-order valence-corrected chi connectivity index (χ3v) is 3.41. The molecule has 0 spiro atoms. The molecule has 3 rings (SSSR count). The van der Waals surface area contributed by atoms with Crippen molar-refractivity contribution in [3.63, 3.8) is 0 Å². The molecule has 0 fully saturated rings. The number of esters is 1. The quantitative estimate of drug-likeness (QED) is 0.635. The first-order valence-corrected chi connectivity index (χ1v) is 5.92. The largest absolute Gasteiger partial charge is 0.457 e. The van der Waals surface area contributed by atoms with Gasteiger partial charge in [0, 0.05) is 6.42 Å². The maximum absolute atomic E-state index is 11.3. The molecule has 1 aliphatic heterocycles. The van der Waals surface area contributed by atoms with Crippen molar-refractivity contribution in [2.45, 2.75) is 25.9 Å². The van der Waals surface area contributed by atoms with Gasteiger partial charge in [0.15, 0.2) is 0 Å². The molecule has 2 nitrogen and oxygen atoms in total. The van der Waals surface area contributed by atoms with E-state index >= 15 is 0 Å². The second-order valence-corrected chi connectivity index (χ2v) is 4.51. The molecule has 86 valence electrons. The molecule has 0 saturated heterocycles. The smallest absolute Gasteiger partial charge is 0.310 e. The Morgan fingerprint density at radius 3 is 2.76 bits per heavy atom. The fourth-order valence-corrected chi connectivity index (χ4v) is 2.53. The molecule has 1 aromatic rings. The van der Waals surface area contributed by atoms with Crippen LogP contribution in [0.2, 0.25) is 0 Å². The monoisotopic (exact) mass is 226 g/mol. The highest BCUT2D eigenvalue weighted by Gasteiger charge is 2.27. The molecule has 1 unspecified atom stereocenters. The van der Waals surface area contributed by atoms with Crippen molar-refractivity contribution in [1.82, 2.24) is 0 Å². The van der Waals surface area contributed by atoms with Gasteiger partial charge in [0.1, 0.15) is 6.10 Å². The van der Waals surface area contributed by atoms with Crippen LogP contribution >= 0.6 is 0 Å². The first-order valence-electron chi connectivity index (χ1n) is 5.92. The van der Waals surface area contributed by atoms with Gasteiger partial charge in [-0.25, -0.2) is 0 Å². The fourth-order valence-electron chi connectivity index (χ4n) is 2.53. The average molecular weight is 226 g/mol. The summed E-state index contributed by atoms with van der Waals surface area (Å²) in [6.07, 6.45) is 5.23. The number of benzene rings is 1. The summed E-state index contributed by atoms with van der Waals surface area (Å²) in [6, 6.07) is 8.31. The third kappa shape index (κ3) is 1.70. The third-order valence-electron chi connectivity index (χ3n) is 3.41. The highest BCUT2D eigenvalue weighted by molar-refractivity contribution is 5.87. The fraction of sp³-hybridized carbons (Fsp3) is 0.267. The van der Waals surface area contributed by atoms with Gasteiger partial charge in [0.25, 0.3) is 0 Å². The van der Waals surface area contributed by atoms with Gasteiger partial charge in [-0.3, -0.25) is 4.79 Å². The van der Waals surface area contributed by atoms with Crippen LogP contribution in [-0.4, -0.2) is 12.1 Å². The Morgan fingerprint density at radius 1 is 1.18 bits per heavy atom. The van der Waals surface area contributed by atoms with Crippen molar-refractivity contribution in [1.29, 1.82) is 0 Å². The van der Waals surface area contributed by atoms with E-state index in [4.69, 9.17) is 4.74 Å². The lowest BCUT2D eigenvalue weighted by Crippen LogP contribution is -2.22. The number of ether oxygens (including phenoxy) is 1. The first-order chi connectivity index (χ1) is 8.25. The van der Waals surface area contributed by atoms with Crippen molar-refractivity contribution in [2.75, 3.05) is 0 Å². The second-order valence-electron chi connectivity index (χ2n) is 4.51. The number of hydrogen-bond donors (Lipinski definition) is 0. The molecule has 1 aromatic carbocycles. The summed E-state index contributed by atoms with van der Waals surface area (Å²) in [5.74, 6) is -0.121. The molecule has 0 saturated carbocycles. The maximum atomic E-state index is 11.3. The van der Waals surface area contributed by atoms with Gasteiger partial charge >= 0.3 is 5.97 Å². The predicted octanol–water partition coefficient (Wildman–Crippen LogP) is 3.19. The van der Waals surface area contributed by atoms with Crippen LogP contribution in [0.5, 0.6) is 0 Å². The SMILES string of the molecule is CC1=CCC2OC(=O)CC=C2c2ccccc21. The molecule has 0 bridgehead atoms. The number of carbonyl (C=O) groups excluding carboxylic acids is 1. The van der Waals surface area contributed by atoms with E-state index in [0.717, 1.165) is 12.0 Å².